The third kappa shape index (κ3) is 4.51. The van der Waals surface area contributed by atoms with Crippen LogP contribution in [0.3, 0.4) is 0 Å². The second-order valence-electron chi connectivity index (χ2n) is 8.52. The van der Waals surface area contributed by atoms with Crippen LogP contribution in [0.1, 0.15) is 47.2 Å². The van der Waals surface area contributed by atoms with E-state index in [0.29, 0.717) is 36.9 Å². The molecule has 5 rings (SSSR count). The number of benzene rings is 1. The van der Waals surface area contributed by atoms with Crippen molar-refractivity contribution in [2.45, 2.75) is 50.9 Å². The van der Waals surface area contributed by atoms with E-state index in [0.717, 1.165) is 37.1 Å². The minimum absolute atomic E-state index is 0.0577. The molecule has 0 aliphatic carbocycles. The summed E-state index contributed by atoms with van der Waals surface area (Å²) < 4.78 is 5.89. The monoisotopic (exact) mass is 450 g/mol. The highest BCUT2D eigenvalue weighted by molar-refractivity contribution is 6.06. The number of hydrogen-bond donors (Lipinski definition) is 3. The van der Waals surface area contributed by atoms with Crippen LogP contribution in [0.15, 0.2) is 30.5 Å². The Morgan fingerprint density at radius 2 is 2.09 bits per heavy atom. The lowest BCUT2D eigenvalue weighted by atomic mass is 10.0. The van der Waals surface area contributed by atoms with E-state index in [9.17, 15) is 14.4 Å². The molecule has 3 N–H and O–H groups in total. The van der Waals surface area contributed by atoms with Gasteiger partial charge in [0.15, 0.2) is 0 Å². The summed E-state index contributed by atoms with van der Waals surface area (Å²) >= 11 is 0. The molecule has 2 fully saturated rings. The summed E-state index contributed by atoms with van der Waals surface area (Å²) in [5, 5.41) is 8.89. The molecule has 2 aromatic rings. The molecule has 4 heterocycles. The number of carbonyl (C=O) groups excluding carboxylic acids is 3. The van der Waals surface area contributed by atoms with Gasteiger partial charge in [-0.2, -0.15) is 4.98 Å². The van der Waals surface area contributed by atoms with Gasteiger partial charge in [-0.1, -0.05) is 18.2 Å². The van der Waals surface area contributed by atoms with Gasteiger partial charge >= 0.3 is 6.01 Å². The van der Waals surface area contributed by atoms with Gasteiger partial charge in [0.1, 0.15) is 18.0 Å². The average Bonchev–Trinajstić information content (AvgIpc) is 3.15. The molecule has 2 unspecified atom stereocenters. The van der Waals surface area contributed by atoms with Crippen molar-refractivity contribution in [3.63, 3.8) is 0 Å². The highest BCUT2D eigenvalue weighted by Crippen LogP contribution is 2.30. The molecule has 10 nitrogen and oxygen atoms in total. The number of aromatic nitrogens is 2. The molecule has 172 valence electrons. The van der Waals surface area contributed by atoms with Crippen LogP contribution in [0.2, 0.25) is 0 Å². The van der Waals surface area contributed by atoms with Crippen LogP contribution in [0.25, 0.3) is 0 Å². The third-order valence-electron chi connectivity index (χ3n) is 6.26. The van der Waals surface area contributed by atoms with Crippen molar-refractivity contribution in [1.29, 1.82) is 0 Å². The number of hydrogen-bond acceptors (Lipinski definition) is 8. The largest absolute Gasteiger partial charge is 0.459 e. The molecule has 33 heavy (non-hydrogen) atoms. The highest BCUT2D eigenvalue weighted by Gasteiger charge is 2.39. The number of carbonyl (C=O) groups is 3. The van der Waals surface area contributed by atoms with Gasteiger partial charge in [-0.3, -0.25) is 19.7 Å². The van der Waals surface area contributed by atoms with Gasteiger partial charge in [0.25, 0.3) is 5.91 Å². The lowest BCUT2D eigenvalue weighted by molar-refractivity contribution is -0.136. The van der Waals surface area contributed by atoms with E-state index >= 15 is 0 Å². The molecule has 0 spiro atoms. The van der Waals surface area contributed by atoms with E-state index in [4.69, 9.17) is 4.74 Å². The van der Waals surface area contributed by atoms with Gasteiger partial charge < -0.3 is 20.3 Å². The van der Waals surface area contributed by atoms with Gasteiger partial charge in [-0.25, -0.2) is 4.98 Å². The molecule has 2 saturated heterocycles. The Labute approximate surface area is 191 Å². The SMILES string of the molecule is O=C1CCC(N2Cc3cccc(CNc4ccnc(OC5CCCNC5)n4)c3C2=O)C(=O)N1. The molecule has 0 radical (unpaired) electrons. The predicted molar refractivity (Wildman–Crippen MR) is 118 cm³/mol. The Morgan fingerprint density at radius 1 is 1.18 bits per heavy atom. The molecule has 10 heteroatoms. The maximum Gasteiger partial charge on any atom is 0.318 e. The molecule has 3 aliphatic heterocycles. The smallest absolute Gasteiger partial charge is 0.318 e. The van der Waals surface area contributed by atoms with Crippen molar-refractivity contribution in [2.24, 2.45) is 0 Å². The Morgan fingerprint density at radius 3 is 2.91 bits per heavy atom. The number of fused-ring (bicyclic) bond motifs is 1. The summed E-state index contributed by atoms with van der Waals surface area (Å²) in [6, 6.07) is 7.15. The van der Waals surface area contributed by atoms with Crippen molar-refractivity contribution in [1.82, 2.24) is 25.5 Å². The molecular formula is C23H26N6O4. The first-order valence-electron chi connectivity index (χ1n) is 11.3. The van der Waals surface area contributed by atoms with Crippen molar-refractivity contribution in [3.8, 4) is 6.01 Å². The number of rotatable bonds is 6. The van der Waals surface area contributed by atoms with Crippen LogP contribution < -0.4 is 20.7 Å². The fraction of sp³-hybridized carbons (Fsp3) is 0.435. The molecule has 2 atom stereocenters. The van der Waals surface area contributed by atoms with Crippen LogP contribution in [-0.4, -0.2) is 57.8 Å². The van der Waals surface area contributed by atoms with E-state index in [1.54, 1.807) is 17.2 Å². The summed E-state index contributed by atoms with van der Waals surface area (Å²) in [6.07, 6.45) is 4.31. The number of nitrogens with one attached hydrogen (secondary N) is 3. The number of amides is 3. The van der Waals surface area contributed by atoms with E-state index in [-0.39, 0.29) is 24.3 Å². The molecule has 1 aromatic carbocycles. The van der Waals surface area contributed by atoms with Crippen molar-refractivity contribution in [3.05, 3.63) is 47.2 Å². The van der Waals surface area contributed by atoms with E-state index in [1.165, 1.54) is 0 Å². The van der Waals surface area contributed by atoms with Crippen LogP contribution >= 0.6 is 0 Å². The number of ether oxygens (including phenoxy) is 1. The second-order valence-corrected chi connectivity index (χ2v) is 8.52. The third-order valence-corrected chi connectivity index (χ3v) is 6.26. The fourth-order valence-electron chi connectivity index (χ4n) is 4.59. The summed E-state index contributed by atoms with van der Waals surface area (Å²) in [4.78, 5) is 47.2. The van der Waals surface area contributed by atoms with Gasteiger partial charge in [0, 0.05) is 37.8 Å². The normalized spacial score (nSPS) is 22.7. The second kappa shape index (κ2) is 9.14. The van der Waals surface area contributed by atoms with Crippen molar-refractivity contribution in [2.75, 3.05) is 18.4 Å². The Hall–Kier alpha value is -3.53. The van der Waals surface area contributed by atoms with Gasteiger partial charge in [-0.05, 0) is 43.0 Å². The quantitative estimate of drug-likeness (QED) is 0.556. The summed E-state index contributed by atoms with van der Waals surface area (Å²) in [6.45, 7) is 2.53. The standard InChI is InChI=1S/C23H26N6O4/c30-19-7-6-17(21(31)28-19)29-13-15-4-1-3-14(20(15)22(29)32)11-26-18-8-10-25-23(27-18)33-16-5-2-9-24-12-16/h1,3-4,8,10,16-17,24H,2,5-7,9,11-13H2,(H,25,26,27)(H,28,30,31). The molecule has 3 amide bonds. The number of imide groups is 1. The molecular weight excluding hydrogens is 424 g/mol. The maximum atomic E-state index is 13.2. The average molecular weight is 450 g/mol. The minimum Gasteiger partial charge on any atom is -0.459 e. The van der Waals surface area contributed by atoms with E-state index < -0.39 is 11.9 Å². The molecule has 0 bridgehead atoms. The zero-order valence-electron chi connectivity index (χ0n) is 18.2. The summed E-state index contributed by atoms with van der Waals surface area (Å²) in [5.41, 5.74) is 2.30. The van der Waals surface area contributed by atoms with Crippen molar-refractivity contribution < 1.29 is 19.1 Å². The number of nitrogens with zero attached hydrogens (tertiary/aromatic N) is 3. The Kier molecular flexibility index (Phi) is 5.91. The molecule has 1 aromatic heterocycles. The number of anilines is 1. The van der Waals surface area contributed by atoms with E-state index in [1.807, 2.05) is 18.2 Å². The first kappa shape index (κ1) is 21.3. The first-order valence-corrected chi connectivity index (χ1v) is 11.3. The first-order chi connectivity index (χ1) is 16.1. The Balaban J connectivity index is 1.27. The number of piperidine rings is 2. The maximum absolute atomic E-state index is 13.2. The lowest BCUT2D eigenvalue weighted by Gasteiger charge is -2.29. The Bertz CT molecular complexity index is 1080. The topological polar surface area (TPSA) is 126 Å². The lowest BCUT2D eigenvalue weighted by Crippen LogP contribution is -2.52. The van der Waals surface area contributed by atoms with Crippen LogP contribution in [0, 0.1) is 0 Å². The fourth-order valence-corrected chi connectivity index (χ4v) is 4.59. The van der Waals surface area contributed by atoms with Gasteiger partial charge in [0.2, 0.25) is 11.8 Å². The summed E-state index contributed by atoms with van der Waals surface area (Å²) in [5.74, 6) is -0.283. The highest BCUT2D eigenvalue weighted by atomic mass is 16.5. The molecule has 3 aliphatic rings. The molecule has 0 saturated carbocycles. The van der Waals surface area contributed by atoms with Crippen LogP contribution in [0.5, 0.6) is 6.01 Å². The van der Waals surface area contributed by atoms with Gasteiger partial charge in [0.05, 0.1) is 0 Å². The predicted octanol–water partition coefficient (Wildman–Crippen LogP) is 0.981. The van der Waals surface area contributed by atoms with Gasteiger partial charge in [-0.15, -0.1) is 0 Å². The van der Waals surface area contributed by atoms with E-state index in [2.05, 4.69) is 25.9 Å². The minimum atomic E-state index is -0.626. The zero-order valence-corrected chi connectivity index (χ0v) is 18.2. The van der Waals surface area contributed by atoms with Crippen LogP contribution in [0.4, 0.5) is 5.82 Å². The zero-order chi connectivity index (χ0) is 22.8. The van der Waals surface area contributed by atoms with Crippen LogP contribution in [-0.2, 0) is 22.7 Å². The summed E-state index contributed by atoms with van der Waals surface area (Å²) in [7, 11) is 0. The van der Waals surface area contributed by atoms with Crippen molar-refractivity contribution >= 4 is 23.5 Å².